The quantitative estimate of drug-likeness (QED) is 0.233. The Hall–Kier alpha value is -3.98. The summed E-state index contributed by atoms with van der Waals surface area (Å²) in [5.41, 5.74) is 2.69. The average molecular weight is 576 g/mol. The van der Waals surface area contributed by atoms with Gasteiger partial charge in [0.1, 0.15) is 5.69 Å². The Morgan fingerprint density at radius 1 is 1.07 bits per heavy atom. The van der Waals surface area contributed by atoms with Crippen molar-refractivity contribution < 1.29 is 17.9 Å². The standard InChI is InChI=1S/C32H34FN3O4S/c1-3-4-12-26-28(36-20-9-8-13-27(36)23-10-6-5-7-11-23)29(37)30(32(38)35-26)41(39,40)24-16-14-22(15-17-24)25-18-19-34-31(33)21(25)2/h5-7,10-11,14-19,27H,3-4,8-9,12-13,20H2,1-2H3,(H2,35,37,38). The molecule has 2 N–H and O–H groups in total. The van der Waals surface area contributed by atoms with Crippen LogP contribution in [0.3, 0.4) is 0 Å². The van der Waals surface area contributed by atoms with Crippen LogP contribution >= 0.6 is 0 Å². The Kier molecular flexibility index (Phi) is 8.26. The van der Waals surface area contributed by atoms with Gasteiger partial charge in [-0.05, 0) is 73.9 Å². The number of nitrogens with one attached hydrogen (secondary N) is 1. The van der Waals surface area contributed by atoms with Crippen LogP contribution in [0.25, 0.3) is 11.1 Å². The van der Waals surface area contributed by atoms with Crippen LogP contribution in [-0.2, 0) is 16.3 Å². The Morgan fingerprint density at radius 3 is 2.51 bits per heavy atom. The minimum absolute atomic E-state index is 0.0686. The molecule has 1 atom stereocenters. The normalized spacial score (nSPS) is 15.7. The molecule has 4 aromatic rings. The first-order valence-corrected chi connectivity index (χ1v) is 15.5. The summed E-state index contributed by atoms with van der Waals surface area (Å²) in [5.74, 6) is -1.11. The lowest BCUT2D eigenvalue weighted by molar-refractivity contribution is 0.431. The number of halogens is 1. The Bertz CT molecular complexity index is 1700. The molecule has 1 saturated heterocycles. The van der Waals surface area contributed by atoms with E-state index in [0.29, 0.717) is 41.0 Å². The molecular formula is C32H34FN3O4S. The van der Waals surface area contributed by atoms with Crippen molar-refractivity contribution in [2.24, 2.45) is 0 Å². The van der Waals surface area contributed by atoms with Crippen molar-refractivity contribution in [3.63, 3.8) is 0 Å². The first-order valence-electron chi connectivity index (χ1n) is 14.0. The summed E-state index contributed by atoms with van der Waals surface area (Å²) in [7, 11) is -4.40. The van der Waals surface area contributed by atoms with Crippen LogP contribution < -0.4 is 10.5 Å². The Morgan fingerprint density at radius 2 is 1.80 bits per heavy atom. The highest BCUT2D eigenvalue weighted by Gasteiger charge is 2.34. The third-order valence-electron chi connectivity index (χ3n) is 7.84. The number of pyridine rings is 2. The molecule has 2 aromatic heterocycles. The van der Waals surface area contributed by atoms with E-state index in [-0.39, 0.29) is 10.9 Å². The van der Waals surface area contributed by atoms with Gasteiger partial charge in [0, 0.05) is 24.0 Å². The second-order valence-corrected chi connectivity index (χ2v) is 12.4. The molecule has 0 saturated carbocycles. The molecule has 1 fully saturated rings. The number of hydrogen-bond donors (Lipinski definition) is 2. The van der Waals surface area contributed by atoms with Crippen LogP contribution in [0.15, 0.2) is 81.4 Å². The zero-order chi connectivity index (χ0) is 29.1. The number of nitrogens with zero attached hydrogens (tertiary/aromatic N) is 2. The van der Waals surface area contributed by atoms with E-state index >= 15 is 0 Å². The summed E-state index contributed by atoms with van der Waals surface area (Å²) < 4.78 is 41.8. The number of benzene rings is 2. The third-order valence-corrected chi connectivity index (χ3v) is 9.65. The molecule has 214 valence electrons. The van der Waals surface area contributed by atoms with Gasteiger partial charge < -0.3 is 15.0 Å². The van der Waals surface area contributed by atoms with Crippen LogP contribution in [0.4, 0.5) is 10.1 Å². The fourth-order valence-electron chi connectivity index (χ4n) is 5.68. The first kappa shape index (κ1) is 28.5. The Labute approximate surface area is 239 Å². The topological polar surface area (TPSA) is 103 Å². The van der Waals surface area contributed by atoms with Gasteiger partial charge in [0.15, 0.2) is 10.6 Å². The number of unbranched alkanes of at least 4 members (excludes halogenated alkanes) is 1. The van der Waals surface area contributed by atoms with Crippen LogP contribution in [0.1, 0.15) is 61.9 Å². The van der Waals surface area contributed by atoms with Gasteiger partial charge >= 0.3 is 0 Å². The summed E-state index contributed by atoms with van der Waals surface area (Å²) in [6.45, 7) is 4.26. The van der Waals surface area contributed by atoms with Crippen LogP contribution in [-0.4, -0.2) is 30.0 Å². The second-order valence-electron chi connectivity index (χ2n) is 10.5. The highest BCUT2D eigenvalue weighted by atomic mass is 32.2. The minimum Gasteiger partial charge on any atom is -0.504 e. The van der Waals surface area contributed by atoms with E-state index in [1.807, 2.05) is 37.3 Å². The lowest BCUT2D eigenvalue weighted by atomic mass is 9.94. The zero-order valence-corrected chi connectivity index (χ0v) is 24.0. The van der Waals surface area contributed by atoms with Crippen molar-refractivity contribution >= 4 is 15.5 Å². The molecule has 41 heavy (non-hydrogen) atoms. The van der Waals surface area contributed by atoms with Gasteiger partial charge in [-0.1, -0.05) is 55.8 Å². The van der Waals surface area contributed by atoms with E-state index in [0.717, 1.165) is 37.7 Å². The van der Waals surface area contributed by atoms with Crippen molar-refractivity contribution in [3.05, 3.63) is 100.0 Å². The number of piperidine rings is 1. The van der Waals surface area contributed by atoms with Crippen LogP contribution in [0, 0.1) is 12.9 Å². The molecule has 1 aliphatic rings. The molecule has 0 aliphatic carbocycles. The largest absolute Gasteiger partial charge is 0.504 e. The molecule has 2 aromatic carbocycles. The number of sulfone groups is 1. The van der Waals surface area contributed by atoms with Gasteiger partial charge in [-0.15, -0.1) is 0 Å². The molecule has 0 bridgehead atoms. The predicted octanol–water partition coefficient (Wildman–Crippen LogP) is 6.50. The van der Waals surface area contributed by atoms with E-state index < -0.39 is 32.0 Å². The van der Waals surface area contributed by atoms with Crippen molar-refractivity contribution in [2.75, 3.05) is 11.4 Å². The van der Waals surface area contributed by atoms with Crippen molar-refractivity contribution in [1.82, 2.24) is 9.97 Å². The molecule has 1 aliphatic heterocycles. The fraction of sp³-hybridized carbons (Fsp3) is 0.312. The number of hydrogen-bond acceptors (Lipinski definition) is 6. The maximum atomic E-state index is 14.0. The smallest absolute Gasteiger partial charge is 0.271 e. The summed E-state index contributed by atoms with van der Waals surface area (Å²) in [4.78, 5) is 21.1. The average Bonchev–Trinajstić information content (AvgIpc) is 2.98. The predicted molar refractivity (Wildman–Crippen MR) is 158 cm³/mol. The van der Waals surface area contributed by atoms with E-state index in [9.17, 15) is 22.7 Å². The molecule has 7 nitrogen and oxygen atoms in total. The van der Waals surface area contributed by atoms with Gasteiger partial charge in [0.05, 0.1) is 10.9 Å². The zero-order valence-electron chi connectivity index (χ0n) is 23.2. The fourth-order valence-corrected chi connectivity index (χ4v) is 7.06. The van der Waals surface area contributed by atoms with Crippen LogP contribution in [0.2, 0.25) is 0 Å². The highest BCUT2D eigenvalue weighted by Crippen LogP contribution is 2.43. The number of aromatic nitrogens is 2. The molecular weight excluding hydrogens is 541 g/mol. The number of H-pyrrole nitrogens is 1. The molecule has 0 spiro atoms. The Balaban J connectivity index is 1.62. The summed E-state index contributed by atoms with van der Waals surface area (Å²) in [5, 5.41) is 11.7. The van der Waals surface area contributed by atoms with Crippen LogP contribution in [0.5, 0.6) is 5.75 Å². The van der Waals surface area contributed by atoms with Gasteiger partial charge in [0.2, 0.25) is 15.8 Å². The molecule has 0 amide bonds. The van der Waals surface area contributed by atoms with Crippen molar-refractivity contribution in [2.45, 2.75) is 68.2 Å². The van der Waals surface area contributed by atoms with Gasteiger partial charge in [0.25, 0.3) is 5.56 Å². The van der Waals surface area contributed by atoms with E-state index in [1.54, 1.807) is 25.1 Å². The number of rotatable bonds is 8. The summed E-state index contributed by atoms with van der Waals surface area (Å²) >= 11 is 0. The SMILES string of the molecule is CCCCc1[nH]c(=O)c(S(=O)(=O)c2ccc(-c3ccnc(F)c3C)cc2)c(O)c1N1CCCCC1c1ccccc1. The summed E-state index contributed by atoms with van der Waals surface area (Å²) in [6, 6.07) is 17.4. The highest BCUT2D eigenvalue weighted by molar-refractivity contribution is 7.91. The second kappa shape index (κ2) is 11.9. The molecule has 5 rings (SSSR count). The molecule has 3 heterocycles. The van der Waals surface area contributed by atoms with Gasteiger partial charge in [-0.25, -0.2) is 13.4 Å². The van der Waals surface area contributed by atoms with Crippen molar-refractivity contribution in [1.29, 1.82) is 0 Å². The number of aryl methyl sites for hydroxylation is 1. The maximum Gasteiger partial charge on any atom is 0.271 e. The maximum absolute atomic E-state index is 14.0. The first-order chi connectivity index (χ1) is 19.7. The molecule has 9 heteroatoms. The number of aromatic amines is 1. The monoisotopic (exact) mass is 575 g/mol. The number of aromatic hydroxyl groups is 1. The van der Waals surface area contributed by atoms with E-state index in [4.69, 9.17) is 0 Å². The third kappa shape index (κ3) is 5.51. The summed E-state index contributed by atoms with van der Waals surface area (Å²) in [6.07, 6.45) is 6.23. The lowest BCUT2D eigenvalue weighted by Crippen LogP contribution is -2.35. The van der Waals surface area contributed by atoms with Gasteiger partial charge in [-0.2, -0.15) is 4.39 Å². The molecule has 1 unspecified atom stereocenters. The lowest BCUT2D eigenvalue weighted by Gasteiger charge is -2.39. The van der Waals surface area contributed by atoms with Gasteiger partial charge in [-0.3, -0.25) is 4.79 Å². The minimum atomic E-state index is -4.40. The molecule has 0 radical (unpaired) electrons. The van der Waals surface area contributed by atoms with E-state index in [1.165, 1.54) is 18.3 Å². The van der Waals surface area contributed by atoms with E-state index in [2.05, 4.69) is 14.9 Å². The number of anilines is 1. The van der Waals surface area contributed by atoms with Crippen molar-refractivity contribution in [3.8, 4) is 16.9 Å².